The molecule has 0 amide bonds. The van der Waals surface area contributed by atoms with E-state index in [4.69, 9.17) is 14.1 Å². The topological polar surface area (TPSA) is 99.1 Å². The van der Waals surface area contributed by atoms with E-state index >= 15 is 0 Å². The lowest BCUT2D eigenvalue weighted by Gasteiger charge is -2.28. The second-order valence-electron chi connectivity index (χ2n) is 6.89. The van der Waals surface area contributed by atoms with Crippen LogP contribution in [0.25, 0.3) is 0 Å². The molecular formula is C20H27BO7. The van der Waals surface area contributed by atoms with Gasteiger partial charge >= 0.3 is 19.1 Å². The van der Waals surface area contributed by atoms with Gasteiger partial charge in [-0.25, -0.2) is 4.79 Å². The molecule has 28 heavy (non-hydrogen) atoms. The fourth-order valence-electron chi connectivity index (χ4n) is 3.21. The van der Waals surface area contributed by atoms with Crippen LogP contribution in [0.2, 0.25) is 5.82 Å². The highest BCUT2D eigenvalue weighted by Gasteiger charge is 2.37. The van der Waals surface area contributed by atoms with Crippen LogP contribution in [-0.4, -0.2) is 36.7 Å². The molecule has 0 aliphatic carbocycles. The highest BCUT2D eigenvalue weighted by Crippen LogP contribution is 2.36. The van der Waals surface area contributed by atoms with Gasteiger partial charge in [0.1, 0.15) is 17.1 Å². The lowest BCUT2D eigenvalue weighted by Crippen LogP contribution is -2.35. The number of benzene rings is 1. The van der Waals surface area contributed by atoms with Crippen LogP contribution in [0.3, 0.4) is 0 Å². The van der Waals surface area contributed by atoms with Gasteiger partial charge in [0, 0.05) is 18.7 Å². The molecular weight excluding hydrogens is 363 g/mol. The Bertz CT molecular complexity index is 715. The van der Waals surface area contributed by atoms with E-state index in [2.05, 4.69) is 0 Å². The van der Waals surface area contributed by atoms with Gasteiger partial charge < -0.3 is 19.2 Å². The number of carbonyl (C=O) groups is 3. The van der Waals surface area contributed by atoms with Crippen molar-refractivity contribution in [2.45, 2.75) is 58.7 Å². The highest BCUT2D eigenvalue weighted by atomic mass is 16.7. The number of ether oxygens (including phenoxy) is 2. The number of hydrogen-bond donors (Lipinski definition) is 1. The number of carbonyl (C=O) groups excluding carboxylic acids is 3. The third-order valence-electron chi connectivity index (χ3n) is 5.03. The minimum Gasteiger partial charge on any atom is -0.535 e. The van der Waals surface area contributed by atoms with Crippen molar-refractivity contribution in [2.24, 2.45) is 5.92 Å². The van der Waals surface area contributed by atoms with Gasteiger partial charge in [-0.05, 0) is 30.9 Å². The molecule has 1 aromatic rings. The van der Waals surface area contributed by atoms with Crippen molar-refractivity contribution in [3.8, 4) is 5.75 Å². The highest BCUT2D eigenvalue weighted by molar-refractivity contribution is 6.47. The summed E-state index contributed by atoms with van der Waals surface area (Å²) in [6.45, 7) is 5.08. The van der Waals surface area contributed by atoms with Gasteiger partial charge in [-0.1, -0.05) is 32.9 Å². The number of ketones is 1. The Hall–Kier alpha value is -2.35. The summed E-state index contributed by atoms with van der Waals surface area (Å²) in [5, 5.41) is 10.2. The van der Waals surface area contributed by atoms with Gasteiger partial charge in [-0.3, -0.25) is 9.59 Å². The zero-order valence-corrected chi connectivity index (χ0v) is 16.6. The zero-order valence-electron chi connectivity index (χ0n) is 16.6. The summed E-state index contributed by atoms with van der Waals surface area (Å²) in [5.74, 6) is -1.39. The number of Topliss-reactive ketones (excluding diaryl/α,β-unsaturated/α-hetero) is 1. The molecule has 0 spiro atoms. The smallest absolute Gasteiger partial charge is 0.526 e. The van der Waals surface area contributed by atoms with E-state index in [-0.39, 0.29) is 35.3 Å². The van der Waals surface area contributed by atoms with E-state index in [9.17, 15) is 19.4 Å². The lowest BCUT2D eigenvalue weighted by atomic mass is 9.64. The molecule has 8 heteroatoms. The van der Waals surface area contributed by atoms with Crippen LogP contribution in [0.5, 0.6) is 5.75 Å². The largest absolute Gasteiger partial charge is 0.535 e. The first-order chi connectivity index (χ1) is 13.4. The molecule has 0 saturated carbocycles. The lowest BCUT2D eigenvalue weighted by molar-refractivity contribution is -0.157. The second-order valence-corrected chi connectivity index (χ2v) is 6.89. The van der Waals surface area contributed by atoms with Gasteiger partial charge in [0.2, 0.25) is 6.79 Å². The number of para-hydroxylation sites is 1. The molecule has 2 rings (SSSR count). The number of rotatable bonds is 9. The standard InChI is InChI=1S/C20H27BO7/c1-4-13(5-2)19(23)26-12-27-20(24)17-9-7-8-14-10-15(11-16(22)6-3)21(25)28-18(14)17/h7-9,13,15,25H,4-6,10-12H2,1-3H3/t15-/m1/s1. The molecule has 7 nitrogen and oxygen atoms in total. The molecule has 0 unspecified atom stereocenters. The van der Waals surface area contributed by atoms with E-state index in [1.807, 2.05) is 13.8 Å². The summed E-state index contributed by atoms with van der Waals surface area (Å²) in [7, 11) is -1.18. The Morgan fingerprint density at radius 2 is 1.93 bits per heavy atom. The minimum absolute atomic E-state index is 0.0472. The van der Waals surface area contributed by atoms with Gasteiger partial charge in [-0.2, -0.15) is 0 Å². The number of hydrogen-bond acceptors (Lipinski definition) is 7. The van der Waals surface area contributed by atoms with Gasteiger partial charge in [0.25, 0.3) is 0 Å². The van der Waals surface area contributed by atoms with Crippen LogP contribution in [0.4, 0.5) is 0 Å². The van der Waals surface area contributed by atoms with E-state index in [0.717, 1.165) is 5.56 Å². The average molecular weight is 390 g/mol. The van der Waals surface area contributed by atoms with E-state index < -0.39 is 25.8 Å². The van der Waals surface area contributed by atoms with Crippen LogP contribution in [0.15, 0.2) is 18.2 Å². The number of fused-ring (bicyclic) bond motifs is 1. The summed E-state index contributed by atoms with van der Waals surface area (Å²) in [5.41, 5.74) is 0.873. The Labute approximate surface area is 165 Å². The minimum atomic E-state index is -1.18. The van der Waals surface area contributed by atoms with E-state index in [1.54, 1.807) is 19.1 Å². The van der Waals surface area contributed by atoms with Crippen LogP contribution in [0.1, 0.15) is 62.4 Å². The predicted molar refractivity (Wildman–Crippen MR) is 103 cm³/mol. The first kappa shape index (κ1) is 21.9. The quantitative estimate of drug-likeness (QED) is 0.393. The molecule has 152 valence electrons. The van der Waals surface area contributed by atoms with Gasteiger partial charge in [-0.15, -0.1) is 0 Å². The van der Waals surface area contributed by atoms with Crippen molar-refractivity contribution >= 4 is 24.8 Å². The van der Waals surface area contributed by atoms with Crippen molar-refractivity contribution < 1.29 is 33.5 Å². The summed E-state index contributed by atoms with van der Waals surface area (Å²) < 4.78 is 15.6. The normalized spacial score (nSPS) is 15.6. The summed E-state index contributed by atoms with van der Waals surface area (Å²) in [4.78, 5) is 35.9. The summed E-state index contributed by atoms with van der Waals surface area (Å²) in [6.07, 6.45) is 2.36. The number of esters is 2. The summed E-state index contributed by atoms with van der Waals surface area (Å²) >= 11 is 0. The fourth-order valence-corrected chi connectivity index (χ4v) is 3.21. The van der Waals surface area contributed by atoms with Crippen molar-refractivity contribution in [1.29, 1.82) is 0 Å². The van der Waals surface area contributed by atoms with Crippen LogP contribution < -0.4 is 4.65 Å². The SMILES string of the molecule is CCC(=O)C[C@H]1Cc2cccc(C(=O)OCOC(=O)C(CC)CC)c2OB1O. The summed E-state index contributed by atoms with van der Waals surface area (Å²) in [6, 6.07) is 4.99. The monoisotopic (exact) mass is 390 g/mol. The molecule has 0 saturated heterocycles. The molecule has 1 heterocycles. The Kier molecular flexibility index (Phi) is 8.05. The third kappa shape index (κ3) is 5.35. The van der Waals surface area contributed by atoms with Crippen LogP contribution >= 0.6 is 0 Å². The Balaban J connectivity index is 2.02. The van der Waals surface area contributed by atoms with Crippen LogP contribution in [0, 0.1) is 5.92 Å². The Morgan fingerprint density at radius 1 is 1.21 bits per heavy atom. The van der Waals surface area contributed by atoms with Crippen molar-refractivity contribution in [3.63, 3.8) is 0 Å². The van der Waals surface area contributed by atoms with Gasteiger partial charge in [0.05, 0.1) is 5.92 Å². The molecule has 1 aromatic carbocycles. The van der Waals surface area contributed by atoms with Crippen molar-refractivity contribution in [3.05, 3.63) is 29.3 Å². The fraction of sp³-hybridized carbons (Fsp3) is 0.550. The molecule has 1 aliphatic rings. The first-order valence-corrected chi connectivity index (χ1v) is 9.73. The van der Waals surface area contributed by atoms with E-state index in [1.165, 1.54) is 6.07 Å². The maximum absolute atomic E-state index is 12.4. The zero-order chi connectivity index (χ0) is 20.7. The molecule has 0 fully saturated rings. The van der Waals surface area contributed by atoms with Crippen molar-refractivity contribution in [1.82, 2.24) is 0 Å². The van der Waals surface area contributed by atoms with Crippen LogP contribution in [-0.2, 0) is 25.5 Å². The molecule has 0 aromatic heterocycles. The van der Waals surface area contributed by atoms with E-state index in [0.29, 0.717) is 25.7 Å². The molecule has 1 atom stereocenters. The maximum atomic E-state index is 12.4. The molecule has 0 bridgehead atoms. The first-order valence-electron chi connectivity index (χ1n) is 9.73. The average Bonchev–Trinajstić information content (AvgIpc) is 2.68. The molecule has 1 N–H and O–H groups in total. The second kappa shape index (κ2) is 10.3. The maximum Gasteiger partial charge on any atom is 0.526 e. The van der Waals surface area contributed by atoms with Crippen molar-refractivity contribution in [2.75, 3.05) is 6.79 Å². The predicted octanol–water partition coefficient (Wildman–Crippen LogP) is 2.94. The molecule has 1 aliphatic heterocycles. The third-order valence-corrected chi connectivity index (χ3v) is 5.03. The van der Waals surface area contributed by atoms with Gasteiger partial charge in [0.15, 0.2) is 0 Å². The Morgan fingerprint density at radius 3 is 2.57 bits per heavy atom. The molecule has 0 radical (unpaired) electrons.